The first-order chi connectivity index (χ1) is 11.4. The van der Waals surface area contributed by atoms with Crippen LogP contribution in [-0.4, -0.2) is 37.6 Å². The second-order valence-electron chi connectivity index (χ2n) is 6.37. The van der Waals surface area contributed by atoms with Gasteiger partial charge in [-0.15, -0.1) is 0 Å². The maximum Gasteiger partial charge on any atom is 0.326 e. The van der Waals surface area contributed by atoms with Crippen molar-refractivity contribution < 1.29 is 14.7 Å². The van der Waals surface area contributed by atoms with E-state index in [0.717, 1.165) is 16.9 Å². The number of aliphatic carboxylic acids is 1. The standard InChI is InChI=1S/C17H24N4O3/c1-11(2)9-13(17(23)24)20-16(22)5-4-8-21-12(3)19-14-10-18-7-6-15(14)21/h6-7,10-11,13H,4-5,8-9H2,1-3H3,(H,20,22)(H,23,24)/t13-/m0/s1. The van der Waals surface area contributed by atoms with Crippen LogP contribution in [0.25, 0.3) is 11.0 Å². The molecule has 2 N–H and O–H groups in total. The molecule has 2 heterocycles. The van der Waals surface area contributed by atoms with Crippen LogP contribution < -0.4 is 5.32 Å². The average molecular weight is 332 g/mol. The number of nitrogens with one attached hydrogen (secondary N) is 1. The highest BCUT2D eigenvalue weighted by atomic mass is 16.4. The third kappa shape index (κ3) is 4.53. The number of carboxylic acids is 1. The Kier molecular flexibility index (Phi) is 5.89. The molecule has 2 aromatic heterocycles. The first-order valence-electron chi connectivity index (χ1n) is 8.17. The van der Waals surface area contributed by atoms with Crippen molar-refractivity contribution in [2.45, 2.75) is 52.6 Å². The topological polar surface area (TPSA) is 97.1 Å². The van der Waals surface area contributed by atoms with Gasteiger partial charge in [-0.3, -0.25) is 9.78 Å². The zero-order chi connectivity index (χ0) is 17.7. The molecule has 0 unspecified atom stereocenters. The minimum absolute atomic E-state index is 0.208. The van der Waals surface area contributed by atoms with Crippen molar-refractivity contribution in [2.75, 3.05) is 0 Å². The highest BCUT2D eigenvalue weighted by Gasteiger charge is 2.20. The van der Waals surface area contributed by atoms with Gasteiger partial charge >= 0.3 is 5.97 Å². The summed E-state index contributed by atoms with van der Waals surface area (Å²) in [6.07, 6.45) is 4.77. The van der Waals surface area contributed by atoms with Gasteiger partial charge in [0.25, 0.3) is 0 Å². The number of aromatic nitrogens is 3. The summed E-state index contributed by atoms with van der Waals surface area (Å²) < 4.78 is 2.05. The maximum absolute atomic E-state index is 12.0. The van der Waals surface area contributed by atoms with Crippen LogP contribution in [-0.2, 0) is 16.1 Å². The van der Waals surface area contributed by atoms with E-state index >= 15 is 0 Å². The fourth-order valence-electron chi connectivity index (χ4n) is 2.74. The molecule has 0 spiro atoms. The van der Waals surface area contributed by atoms with Gasteiger partial charge in [-0.1, -0.05) is 13.8 Å². The average Bonchev–Trinajstić information content (AvgIpc) is 2.82. The van der Waals surface area contributed by atoms with Gasteiger partial charge in [-0.25, -0.2) is 9.78 Å². The number of imidazole rings is 1. The van der Waals surface area contributed by atoms with Crippen LogP contribution in [0.4, 0.5) is 0 Å². The number of fused-ring (bicyclic) bond motifs is 1. The van der Waals surface area contributed by atoms with Crippen LogP contribution in [0.5, 0.6) is 0 Å². The van der Waals surface area contributed by atoms with Crippen molar-refractivity contribution >= 4 is 22.9 Å². The molecule has 24 heavy (non-hydrogen) atoms. The van der Waals surface area contributed by atoms with E-state index in [2.05, 4.69) is 15.3 Å². The molecule has 0 aliphatic rings. The number of hydrogen-bond donors (Lipinski definition) is 2. The first kappa shape index (κ1) is 17.9. The summed E-state index contributed by atoms with van der Waals surface area (Å²) in [5, 5.41) is 11.8. The smallest absolute Gasteiger partial charge is 0.326 e. The quantitative estimate of drug-likeness (QED) is 0.772. The Balaban J connectivity index is 1.90. The van der Waals surface area contributed by atoms with Crippen molar-refractivity contribution in [3.8, 4) is 0 Å². The number of nitrogens with zero attached hydrogens (tertiary/aromatic N) is 3. The van der Waals surface area contributed by atoms with Crippen molar-refractivity contribution in [1.29, 1.82) is 0 Å². The fourth-order valence-corrected chi connectivity index (χ4v) is 2.74. The number of carbonyl (C=O) groups excluding carboxylic acids is 1. The Morgan fingerprint density at radius 1 is 1.38 bits per heavy atom. The van der Waals surface area contributed by atoms with Gasteiger partial charge in [0.1, 0.15) is 17.4 Å². The first-order valence-corrected chi connectivity index (χ1v) is 8.17. The van der Waals surface area contributed by atoms with E-state index in [1.54, 1.807) is 12.4 Å². The summed E-state index contributed by atoms with van der Waals surface area (Å²) in [5.74, 6) is -0.130. The van der Waals surface area contributed by atoms with Crippen molar-refractivity contribution in [1.82, 2.24) is 19.9 Å². The molecule has 7 nitrogen and oxygen atoms in total. The van der Waals surface area contributed by atoms with Crippen molar-refractivity contribution in [3.63, 3.8) is 0 Å². The predicted molar refractivity (Wildman–Crippen MR) is 90.5 cm³/mol. The van der Waals surface area contributed by atoms with E-state index in [4.69, 9.17) is 5.11 Å². The Labute approximate surface area is 141 Å². The van der Waals surface area contributed by atoms with E-state index < -0.39 is 12.0 Å². The highest BCUT2D eigenvalue weighted by Crippen LogP contribution is 2.15. The van der Waals surface area contributed by atoms with E-state index in [1.807, 2.05) is 31.4 Å². The summed E-state index contributed by atoms with van der Waals surface area (Å²) >= 11 is 0. The van der Waals surface area contributed by atoms with E-state index in [0.29, 0.717) is 19.4 Å². The summed E-state index contributed by atoms with van der Waals surface area (Å²) in [7, 11) is 0. The zero-order valence-electron chi connectivity index (χ0n) is 14.3. The van der Waals surface area contributed by atoms with Gasteiger partial charge in [0.15, 0.2) is 0 Å². The lowest BCUT2D eigenvalue weighted by molar-refractivity contribution is -0.142. The van der Waals surface area contributed by atoms with Gasteiger partial charge in [-0.2, -0.15) is 0 Å². The minimum Gasteiger partial charge on any atom is -0.480 e. The lowest BCUT2D eigenvalue weighted by Gasteiger charge is -2.16. The molecule has 0 aliphatic heterocycles. The molecule has 0 fully saturated rings. The molecule has 2 rings (SSSR count). The van der Waals surface area contributed by atoms with Crippen LogP contribution in [0.3, 0.4) is 0 Å². The molecule has 7 heteroatoms. The lowest BCUT2D eigenvalue weighted by atomic mass is 10.0. The fraction of sp³-hybridized carbons (Fsp3) is 0.529. The van der Waals surface area contributed by atoms with Crippen LogP contribution in [0.1, 0.15) is 38.9 Å². The second-order valence-corrected chi connectivity index (χ2v) is 6.37. The van der Waals surface area contributed by atoms with Crippen molar-refractivity contribution in [3.05, 3.63) is 24.3 Å². The molecule has 1 atom stereocenters. The molecule has 0 saturated heterocycles. The molecule has 0 aliphatic carbocycles. The molecular formula is C17H24N4O3. The number of carboxylic acid groups (broad SMARTS) is 1. The van der Waals surface area contributed by atoms with Gasteiger partial charge in [-0.05, 0) is 31.7 Å². The van der Waals surface area contributed by atoms with Gasteiger partial charge < -0.3 is 15.0 Å². The van der Waals surface area contributed by atoms with Crippen molar-refractivity contribution in [2.24, 2.45) is 5.92 Å². The summed E-state index contributed by atoms with van der Waals surface area (Å²) in [5.41, 5.74) is 1.83. The summed E-state index contributed by atoms with van der Waals surface area (Å²) in [6, 6.07) is 1.08. The molecule has 1 amide bonds. The number of hydrogen-bond acceptors (Lipinski definition) is 4. The van der Waals surface area contributed by atoms with E-state index in [-0.39, 0.29) is 18.2 Å². The zero-order valence-corrected chi connectivity index (χ0v) is 14.3. The Hall–Kier alpha value is -2.44. The SMILES string of the molecule is Cc1nc2cnccc2n1CCCC(=O)N[C@@H](CC(C)C)C(=O)O. The van der Waals surface area contributed by atoms with Crippen LogP contribution in [0.15, 0.2) is 18.5 Å². The minimum atomic E-state index is -0.985. The molecular weight excluding hydrogens is 308 g/mol. The molecule has 0 aromatic carbocycles. The van der Waals surface area contributed by atoms with E-state index in [9.17, 15) is 9.59 Å². The predicted octanol–water partition coefficient (Wildman–Crippen LogP) is 2.14. The number of aryl methyl sites for hydroxylation is 2. The summed E-state index contributed by atoms with van der Waals surface area (Å²) in [4.78, 5) is 31.7. The Morgan fingerprint density at radius 2 is 2.12 bits per heavy atom. The second kappa shape index (κ2) is 7.90. The van der Waals surface area contributed by atoms with Crippen LogP contribution in [0.2, 0.25) is 0 Å². The number of amides is 1. The molecule has 130 valence electrons. The molecule has 2 aromatic rings. The van der Waals surface area contributed by atoms with Gasteiger partial charge in [0, 0.05) is 19.2 Å². The lowest BCUT2D eigenvalue weighted by Crippen LogP contribution is -2.41. The Bertz CT molecular complexity index is 724. The van der Waals surface area contributed by atoms with Crippen LogP contribution in [0, 0.1) is 12.8 Å². The molecule has 0 bridgehead atoms. The monoisotopic (exact) mass is 332 g/mol. The van der Waals surface area contributed by atoms with Gasteiger partial charge in [0.05, 0.1) is 11.7 Å². The number of carbonyl (C=O) groups is 2. The van der Waals surface area contributed by atoms with Crippen LogP contribution >= 0.6 is 0 Å². The highest BCUT2D eigenvalue weighted by molar-refractivity contribution is 5.83. The molecule has 0 radical (unpaired) electrons. The third-order valence-corrected chi connectivity index (χ3v) is 3.87. The van der Waals surface area contributed by atoms with Gasteiger partial charge in [0.2, 0.25) is 5.91 Å². The normalized spacial score (nSPS) is 12.5. The number of rotatable bonds is 8. The Morgan fingerprint density at radius 3 is 2.79 bits per heavy atom. The number of pyridine rings is 1. The maximum atomic E-state index is 12.0. The van der Waals surface area contributed by atoms with E-state index in [1.165, 1.54) is 0 Å². The summed E-state index contributed by atoms with van der Waals surface area (Å²) in [6.45, 7) is 6.44. The molecule has 0 saturated carbocycles. The third-order valence-electron chi connectivity index (χ3n) is 3.87. The largest absolute Gasteiger partial charge is 0.480 e.